The molecule has 1 fully saturated rings. The van der Waals surface area contributed by atoms with Crippen LogP contribution < -0.4 is 5.32 Å². The summed E-state index contributed by atoms with van der Waals surface area (Å²) < 4.78 is 0. The van der Waals surface area contributed by atoms with E-state index in [2.05, 4.69) is 61.3 Å². The summed E-state index contributed by atoms with van der Waals surface area (Å²) in [7, 11) is 0. The minimum absolute atomic E-state index is 0.277. The first-order valence-electron chi connectivity index (χ1n) is 7.72. The first kappa shape index (κ1) is 14.5. The molecule has 0 amide bonds. The second-order valence-corrected chi connectivity index (χ2v) is 6.05. The number of hydrogen-bond acceptors (Lipinski definition) is 2. The normalized spacial score (nSPS) is 28.5. The van der Waals surface area contributed by atoms with Gasteiger partial charge < -0.3 is 5.32 Å². The van der Waals surface area contributed by atoms with Crippen molar-refractivity contribution < 1.29 is 0 Å². The van der Waals surface area contributed by atoms with Gasteiger partial charge in [0, 0.05) is 24.7 Å². The molecule has 1 aromatic rings. The molecule has 19 heavy (non-hydrogen) atoms. The molecule has 0 saturated carbocycles. The zero-order valence-corrected chi connectivity index (χ0v) is 12.7. The molecule has 2 nitrogen and oxygen atoms in total. The first-order valence-corrected chi connectivity index (χ1v) is 7.72. The van der Waals surface area contributed by atoms with Crippen LogP contribution in [-0.4, -0.2) is 30.1 Å². The van der Waals surface area contributed by atoms with E-state index in [-0.39, 0.29) is 5.54 Å². The van der Waals surface area contributed by atoms with E-state index in [9.17, 15) is 0 Å². The van der Waals surface area contributed by atoms with E-state index in [0.29, 0.717) is 6.04 Å². The van der Waals surface area contributed by atoms with Gasteiger partial charge in [0.2, 0.25) is 0 Å². The molecule has 1 saturated heterocycles. The van der Waals surface area contributed by atoms with Crippen molar-refractivity contribution >= 4 is 0 Å². The van der Waals surface area contributed by atoms with Crippen LogP contribution in [0.25, 0.3) is 0 Å². The SMILES string of the molecule is CCCCN1CC(C)(CC)NCC1c1ccccc1. The fourth-order valence-electron chi connectivity index (χ4n) is 2.92. The van der Waals surface area contributed by atoms with E-state index < -0.39 is 0 Å². The highest BCUT2D eigenvalue weighted by atomic mass is 15.2. The number of piperazine rings is 1. The van der Waals surface area contributed by atoms with Crippen LogP contribution in [0.1, 0.15) is 51.6 Å². The average Bonchev–Trinajstić information content (AvgIpc) is 2.46. The Kier molecular flexibility index (Phi) is 5.00. The maximum atomic E-state index is 3.76. The van der Waals surface area contributed by atoms with Crippen LogP contribution >= 0.6 is 0 Å². The highest BCUT2D eigenvalue weighted by Gasteiger charge is 2.34. The molecule has 1 aliphatic rings. The molecule has 0 spiro atoms. The molecule has 1 heterocycles. The van der Waals surface area contributed by atoms with Gasteiger partial charge in [-0.15, -0.1) is 0 Å². The predicted molar refractivity (Wildman–Crippen MR) is 82.4 cm³/mol. The second kappa shape index (κ2) is 6.53. The summed E-state index contributed by atoms with van der Waals surface area (Å²) in [6.07, 6.45) is 3.76. The van der Waals surface area contributed by atoms with Crippen LogP contribution in [-0.2, 0) is 0 Å². The largest absolute Gasteiger partial charge is 0.308 e. The number of unbranched alkanes of at least 4 members (excludes halogenated alkanes) is 1. The predicted octanol–water partition coefficient (Wildman–Crippen LogP) is 3.60. The molecule has 0 bridgehead atoms. The first-order chi connectivity index (χ1) is 9.18. The molecule has 0 aromatic heterocycles. The van der Waals surface area contributed by atoms with E-state index in [1.54, 1.807) is 0 Å². The summed E-state index contributed by atoms with van der Waals surface area (Å²) in [5, 5.41) is 3.76. The Bertz CT molecular complexity index is 376. The third-order valence-electron chi connectivity index (χ3n) is 4.48. The van der Waals surface area contributed by atoms with E-state index in [1.165, 1.54) is 31.4 Å². The maximum absolute atomic E-state index is 3.76. The maximum Gasteiger partial charge on any atom is 0.0473 e. The van der Waals surface area contributed by atoms with Gasteiger partial charge in [-0.25, -0.2) is 0 Å². The Balaban J connectivity index is 2.13. The Hall–Kier alpha value is -0.860. The van der Waals surface area contributed by atoms with Gasteiger partial charge in [0.25, 0.3) is 0 Å². The fourth-order valence-corrected chi connectivity index (χ4v) is 2.92. The minimum atomic E-state index is 0.277. The third kappa shape index (κ3) is 3.58. The molecule has 106 valence electrons. The van der Waals surface area contributed by atoms with Crippen LogP contribution in [0.5, 0.6) is 0 Å². The number of hydrogen-bond donors (Lipinski definition) is 1. The van der Waals surface area contributed by atoms with Crippen LogP contribution in [0, 0.1) is 0 Å². The summed E-state index contributed by atoms with van der Waals surface area (Å²) in [6, 6.07) is 11.5. The Morgan fingerprint density at radius 2 is 2.00 bits per heavy atom. The summed E-state index contributed by atoms with van der Waals surface area (Å²) in [5.41, 5.74) is 1.73. The van der Waals surface area contributed by atoms with Gasteiger partial charge in [0.05, 0.1) is 0 Å². The van der Waals surface area contributed by atoms with Gasteiger partial charge in [-0.05, 0) is 31.9 Å². The molecule has 2 rings (SSSR count). The lowest BCUT2D eigenvalue weighted by molar-refractivity contribution is 0.0828. The summed E-state index contributed by atoms with van der Waals surface area (Å²) >= 11 is 0. The van der Waals surface area contributed by atoms with Crippen LogP contribution in [0.3, 0.4) is 0 Å². The number of nitrogens with zero attached hydrogens (tertiary/aromatic N) is 1. The van der Waals surface area contributed by atoms with Crippen LogP contribution in [0.2, 0.25) is 0 Å². The molecule has 1 aromatic carbocycles. The summed E-state index contributed by atoms with van der Waals surface area (Å²) in [6.45, 7) is 10.4. The second-order valence-electron chi connectivity index (χ2n) is 6.05. The topological polar surface area (TPSA) is 15.3 Å². The highest BCUT2D eigenvalue weighted by molar-refractivity contribution is 5.20. The van der Waals surface area contributed by atoms with Crippen molar-refractivity contribution in [1.29, 1.82) is 0 Å². The van der Waals surface area contributed by atoms with Crippen molar-refractivity contribution in [2.75, 3.05) is 19.6 Å². The lowest BCUT2D eigenvalue weighted by atomic mass is 9.91. The van der Waals surface area contributed by atoms with Crippen molar-refractivity contribution in [1.82, 2.24) is 10.2 Å². The Labute approximate surface area is 118 Å². The number of nitrogens with one attached hydrogen (secondary N) is 1. The Morgan fingerprint density at radius 3 is 2.63 bits per heavy atom. The average molecular weight is 260 g/mol. The molecule has 2 heteroatoms. The van der Waals surface area contributed by atoms with Crippen molar-refractivity contribution in [2.45, 2.75) is 51.6 Å². The van der Waals surface area contributed by atoms with Gasteiger partial charge >= 0.3 is 0 Å². The standard InChI is InChI=1S/C17H28N2/c1-4-6-12-19-14-17(3,5-2)18-13-16(19)15-10-8-7-9-11-15/h7-11,16,18H,4-6,12-14H2,1-3H3. The quantitative estimate of drug-likeness (QED) is 0.870. The molecule has 0 aliphatic carbocycles. The van der Waals surface area contributed by atoms with Gasteiger partial charge in [-0.1, -0.05) is 50.6 Å². The molecule has 1 aliphatic heterocycles. The molecule has 0 radical (unpaired) electrons. The monoisotopic (exact) mass is 260 g/mol. The van der Waals surface area contributed by atoms with Gasteiger partial charge in [-0.3, -0.25) is 4.90 Å². The summed E-state index contributed by atoms with van der Waals surface area (Å²) in [4.78, 5) is 2.68. The van der Waals surface area contributed by atoms with E-state index in [4.69, 9.17) is 0 Å². The number of rotatable bonds is 5. The Morgan fingerprint density at radius 1 is 1.26 bits per heavy atom. The van der Waals surface area contributed by atoms with E-state index in [0.717, 1.165) is 13.1 Å². The van der Waals surface area contributed by atoms with Gasteiger partial charge in [0.1, 0.15) is 0 Å². The molecular weight excluding hydrogens is 232 g/mol. The zero-order valence-electron chi connectivity index (χ0n) is 12.7. The molecule has 1 N–H and O–H groups in total. The van der Waals surface area contributed by atoms with Crippen molar-refractivity contribution in [2.24, 2.45) is 0 Å². The third-order valence-corrected chi connectivity index (χ3v) is 4.48. The van der Waals surface area contributed by atoms with Gasteiger partial charge in [-0.2, -0.15) is 0 Å². The lowest BCUT2D eigenvalue weighted by Gasteiger charge is -2.46. The van der Waals surface area contributed by atoms with Crippen LogP contribution in [0.4, 0.5) is 0 Å². The van der Waals surface area contributed by atoms with E-state index in [1.807, 2.05) is 0 Å². The minimum Gasteiger partial charge on any atom is -0.308 e. The highest BCUT2D eigenvalue weighted by Crippen LogP contribution is 2.28. The van der Waals surface area contributed by atoms with Crippen LogP contribution in [0.15, 0.2) is 30.3 Å². The molecular formula is C17H28N2. The van der Waals surface area contributed by atoms with Crippen molar-refractivity contribution in [3.63, 3.8) is 0 Å². The summed E-state index contributed by atoms with van der Waals surface area (Å²) in [5.74, 6) is 0. The smallest absolute Gasteiger partial charge is 0.0473 e. The fraction of sp³-hybridized carbons (Fsp3) is 0.647. The lowest BCUT2D eigenvalue weighted by Crippen LogP contribution is -2.59. The number of benzene rings is 1. The van der Waals surface area contributed by atoms with Gasteiger partial charge in [0.15, 0.2) is 0 Å². The van der Waals surface area contributed by atoms with Crippen molar-refractivity contribution in [3.05, 3.63) is 35.9 Å². The molecule has 2 unspecified atom stereocenters. The van der Waals surface area contributed by atoms with E-state index >= 15 is 0 Å². The zero-order chi connectivity index (χ0) is 13.7. The van der Waals surface area contributed by atoms with Crippen molar-refractivity contribution in [3.8, 4) is 0 Å². The molecule has 2 atom stereocenters.